The predicted molar refractivity (Wildman–Crippen MR) is 81.1 cm³/mol. The van der Waals surface area contributed by atoms with Crippen LogP contribution >= 0.6 is 23.2 Å². The van der Waals surface area contributed by atoms with Gasteiger partial charge in [0.2, 0.25) is 0 Å². The predicted octanol–water partition coefficient (Wildman–Crippen LogP) is 4.32. The van der Waals surface area contributed by atoms with Crippen LogP contribution in [-0.4, -0.2) is 15.0 Å². The summed E-state index contributed by atoms with van der Waals surface area (Å²) in [5, 5.41) is 12.6. The summed E-state index contributed by atoms with van der Waals surface area (Å²) in [7, 11) is 0. The summed E-state index contributed by atoms with van der Waals surface area (Å²) in [6, 6.07) is 14.8. The van der Waals surface area contributed by atoms with E-state index in [9.17, 15) is 0 Å². The molecule has 0 unspecified atom stereocenters. The van der Waals surface area contributed by atoms with E-state index in [-0.39, 0.29) is 0 Å². The normalized spacial score (nSPS) is 10.5. The first kappa shape index (κ1) is 13.0. The van der Waals surface area contributed by atoms with Gasteiger partial charge in [-0.25, -0.2) is 0 Å². The van der Waals surface area contributed by atoms with Crippen LogP contribution in [0.2, 0.25) is 10.0 Å². The molecule has 0 bridgehead atoms. The van der Waals surface area contributed by atoms with E-state index in [0.717, 1.165) is 17.2 Å². The van der Waals surface area contributed by atoms with Gasteiger partial charge in [0.05, 0.1) is 11.9 Å². The molecule has 20 heavy (non-hydrogen) atoms. The molecule has 0 spiro atoms. The molecule has 0 saturated carbocycles. The van der Waals surface area contributed by atoms with Crippen LogP contribution in [0.5, 0.6) is 0 Å². The first-order valence-electron chi connectivity index (χ1n) is 5.91. The van der Waals surface area contributed by atoms with Gasteiger partial charge in [0.15, 0.2) is 5.82 Å². The highest BCUT2D eigenvalue weighted by Gasteiger charge is 2.06. The molecule has 0 radical (unpaired) electrons. The number of halogens is 2. The van der Waals surface area contributed by atoms with Gasteiger partial charge in [-0.15, -0.1) is 5.10 Å². The van der Waals surface area contributed by atoms with Crippen LogP contribution < -0.4 is 5.32 Å². The summed E-state index contributed by atoms with van der Waals surface area (Å²) in [5.41, 5.74) is 1.79. The van der Waals surface area contributed by atoms with Gasteiger partial charge < -0.3 is 5.32 Å². The minimum absolute atomic E-state index is 0.682. The molecule has 0 aliphatic heterocycles. The Morgan fingerprint density at radius 2 is 1.45 bits per heavy atom. The molecule has 0 aliphatic carbocycles. The molecule has 0 fully saturated rings. The Morgan fingerprint density at radius 3 is 2.10 bits per heavy atom. The molecule has 3 rings (SSSR count). The Kier molecular flexibility index (Phi) is 3.58. The number of aromatic nitrogens is 3. The highest BCUT2D eigenvalue weighted by molar-refractivity contribution is 6.30. The molecule has 1 heterocycles. The van der Waals surface area contributed by atoms with Gasteiger partial charge >= 0.3 is 0 Å². The highest BCUT2D eigenvalue weighted by Crippen LogP contribution is 2.21. The van der Waals surface area contributed by atoms with E-state index in [4.69, 9.17) is 23.2 Å². The fourth-order valence-electron chi connectivity index (χ4n) is 1.77. The first-order valence-corrected chi connectivity index (χ1v) is 6.67. The van der Waals surface area contributed by atoms with Gasteiger partial charge in [0.25, 0.3) is 0 Å². The van der Waals surface area contributed by atoms with E-state index in [1.165, 1.54) is 0 Å². The molecule has 100 valence electrons. The van der Waals surface area contributed by atoms with E-state index in [1.807, 2.05) is 48.5 Å². The van der Waals surface area contributed by atoms with Crippen LogP contribution in [-0.2, 0) is 0 Å². The summed E-state index contributed by atoms with van der Waals surface area (Å²) in [5.74, 6) is 0.759. The topological polar surface area (TPSA) is 42.7 Å². The average molecular weight is 305 g/mol. The molecule has 0 aliphatic rings. The summed E-state index contributed by atoms with van der Waals surface area (Å²) >= 11 is 11.7. The molecular weight excluding hydrogens is 295 g/mol. The summed E-state index contributed by atoms with van der Waals surface area (Å²) in [6.07, 6.45) is 1.66. The number of benzene rings is 2. The number of nitrogens with one attached hydrogen (secondary N) is 1. The van der Waals surface area contributed by atoms with Crippen LogP contribution in [0.4, 0.5) is 11.5 Å². The summed E-state index contributed by atoms with van der Waals surface area (Å²) < 4.78 is 1.70. The Labute approximate surface area is 125 Å². The number of rotatable bonds is 3. The van der Waals surface area contributed by atoms with E-state index >= 15 is 0 Å². The Morgan fingerprint density at radius 1 is 0.850 bits per heavy atom. The fourth-order valence-corrected chi connectivity index (χ4v) is 2.03. The third-order valence-electron chi connectivity index (χ3n) is 2.74. The molecule has 2 aromatic carbocycles. The minimum Gasteiger partial charge on any atom is -0.339 e. The van der Waals surface area contributed by atoms with E-state index in [0.29, 0.717) is 10.0 Å². The Hall–Kier alpha value is -2.04. The number of hydrogen-bond donors (Lipinski definition) is 1. The smallest absolute Gasteiger partial charge is 0.154 e. The highest BCUT2D eigenvalue weighted by atomic mass is 35.5. The lowest BCUT2D eigenvalue weighted by Crippen LogP contribution is -2.02. The van der Waals surface area contributed by atoms with Crippen molar-refractivity contribution in [3.8, 4) is 5.69 Å². The zero-order valence-corrected chi connectivity index (χ0v) is 11.8. The third-order valence-corrected chi connectivity index (χ3v) is 3.24. The van der Waals surface area contributed by atoms with Gasteiger partial charge in [-0.2, -0.15) is 4.68 Å². The molecule has 0 atom stereocenters. The van der Waals surface area contributed by atoms with E-state index < -0.39 is 0 Å². The summed E-state index contributed by atoms with van der Waals surface area (Å²) in [4.78, 5) is 0. The van der Waals surface area contributed by atoms with Crippen LogP contribution in [0.25, 0.3) is 5.69 Å². The maximum Gasteiger partial charge on any atom is 0.154 e. The second kappa shape index (κ2) is 5.53. The maximum atomic E-state index is 5.88. The molecular formula is C14H10Cl2N4. The van der Waals surface area contributed by atoms with Crippen LogP contribution in [0, 0.1) is 0 Å². The van der Waals surface area contributed by atoms with Gasteiger partial charge in [0.1, 0.15) is 0 Å². The van der Waals surface area contributed by atoms with Gasteiger partial charge in [-0.05, 0) is 48.5 Å². The van der Waals surface area contributed by atoms with Gasteiger partial charge in [0, 0.05) is 15.7 Å². The number of nitrogens with zero attached hydrogens (tertiary/aromatic N) is 3. The quantitative estimate of drug-likeness (QED) is 0.783. The van der Waals surface area contributed by atoms with Crippen molar-refractivity contribution in [2.24, 2.45) is 0 Å². The SMILES string of the molecule is Clc1ccc(Nc2cnnn2-c2ccc(Cl)cc2)cc1. The standard InChI is InChI=1S/C14H10Cl2N4/c15-10-1-5-12(6-2-10)18-14-9-17-19-20(14)13-7-3-11(16)4-8-13/h1-9,18H. The van der Waals surface area contributed by atoms with E-state index in [1.54, 1.807) is 10.9 Å². The number of anilines is 2. The first-order chi connectivity index (χ1) is 9.72. The van der Waals surface area contributed by atoms with Crippen molar-refractivity contribution in [1.29, 1.82) is 0 Å². The maximum absolute atomic E-state index is 5.88. The molecule has 6 heteroatoms. The van der Waals surface area contributed by atoms with Crippen LogP contribution in [0.3, 0.4) is 0 Å². The number of hydrogen-bond acceptors (Lipinski definition) is 3. The largest absolute Gasteiger partial charge is 0.339 e. The average Bonchev–Trinajstić information content (AvgIpc) is 2.90. The monoisotopic (exact) mass is 304 g/mol. The van der Waals surface area contributed by atoms with Crippen molar-refractivity contribution in [2.45, 2.75) is 0 Å². The van der Waals surface area contributed by atoms with Crippen molar-refractivity contribution in [3.05, 3.63) is 64.8 Å². The molecule has 0 amide bonds. The lowest BCUT2D eigenvalue weighted by molar-refractivity contribution is 0.808. The molecule has 1 N–H and O–H groups in total. The lowest BCUT2D eigenvalue weighted by atomic mass is 10.3. The molecule has 0 saturated heterocycles. The fraction of sp³-hybridized carbons (Fsp3) is 0. The zero-order chi connectivity index (χ0) is 13.9. The van der Waals surface area contributed by atoms with Crippen molar-refractivity contribution >= 4 is 34.7 Å². The molecule has 4 nitrogen and oxygen atoms in total. The van der Waals surface area contributed by atoms with Crippen molar-refractivity contribution in [1.82, 2.24) is 15.0 Å². The lowest BCUT2D eigenvalue weighted by Gasteiger charge is -2.08. The zero-order valence-electron chi connectivity index (χ0n) is 10.3. The van der Waals surface area contributed by atoms with Gasteiger partial charge in [-0.3, -0.25) is 0 Å². The van der Waals surface area contributed by atoms with E-state index in [2.05, 4.69) is 15.6 Å². The second-order valence-corrected chi connectivity index (χ2v) is 5.01. The Balaban J connectivity index is 1.90. The van der Waals surface area contributed by atoms with Crippen molar-refractivity contribution in [2.75, 3.05) is 5.32 Å². The van der Waals surface area contributed by atoms with Crippen molar-refractivity contribution < 1.29 is 0 Å². The molecule has 3 aromatic rings. The Bertz CT molecular complexity index is 705. The second-order valence-electron chi connectivity index (χ2n) is 4.14. The minimum atomic E-state index is 0.682. The molecule has 1 aromatic heterocycles. The summed E-state index contributed by atoms with van der Waals surface area (Å²) in [6.45, 7) is 0. The van der Waals surface area contributed by atoms with Crippen LogP contribution in [0.15, 0.2) is 54.7 Å². The van der Waals surface area contributed by atoms with Crippen LogP contribution in [0.1, 0.15) is 0 Å². The van der Waals surface area contributed by atoms with Crippen molar-refractivity contribution in [3.63, 3.8) is 0 Å². The van der Waals surface area contributed by atoms with Gasteiger partial charge in [-0.1, -0.05) is 28.4 Å². The third kappa shape index (κ3) is 2.76.